The summed E-state index contributed by atoms with van der Waals surface area (Å²) in [6.07, 6.45) is 3.32. The second-order valence-electron chi connectivity index (χ2n) is 6.77. The fourth-order valence-electron chi connectivity index (χ4n) is 3.04. The highest BCUT2D eigenvalue weighted by molar-refractivity contribution is 7.99. The van der Waals surface area contributed by atoms with E-state index in [9.17, 15) is 13.6 Å². The van der Waals surface area contributed by atoms with Crippen molar-refractivity contribution in [3.63, 3.8) is 0 Å². The van der Waals surface area contributed by atoms with E-state index in [1.165, 1.54) is 17.8 Å². The fourth-order valence-corrected chi connectivity index (χ4v) is 3.80. The molecule has 10 heteroatoms. The number of nitrogens with one attached hydrogen (secondary N) is 1. The number of carbonyl (C=O) groups excluding carboxylic acids is 1. The van der Waals surface area contributed by atoms with E-state index in [4.69, 9.17) is 4.74 Å². The molecule has 2 heterocycles. The number of anilines is 1. The summed E-state index contributed by atoms with van der Waals surface area (Å²) >= 11 is 1.17. The first-order valence-corrected chi connectivity index (χ1v) is 11.0. The van der Waals surface area contributed by atoms with Gasteiger partial charge in [0.15, 0.2) is 22.6 Å². The van der Waals surface area contributed by atoms with Crippen LogP contribution in [0.3, 0.4) is 0 Å². The Morgan fingerprint density at radius 1 is 1.03 bits per heavy atom. The molecule has 33 heavy (non-hydrogen) atoms. The summed E-state index contributed by atoms with van der Waals surface area (Å²) in [5.74, 6) is -1.08. The fraction of sp³-hybridized carbons (Fsp3) is 0.130. The third-order valence-electron chi connectivity index (χ3n) is 4.51. The molecule has 0 atom stereocenters. The normalized spacial score (nSPS) is 10.8. The Hall–Kier alpha value is -3.79. The quantitative estimate of drug-likeness (QED) is 0.377. The lowest BCUT2D eigenvalue weighted by molar-refractivity contribution is -0.113. The average molecular weight is 468 g/mol. The highest BCUT2D eigenvalue weighted by Crippen LogP contribution is 2.29. The van der Waals surface area contributed by atoms with Gasteiger partial charge in [0.1, 0.15) is 5.75 Å². The molecular weight excluding hydrogens is 448 g/mol. The van der Waals surface area contributed by atoms with E-state index in [0.29, 0.717) is 17.6 Å². The highest BCUT2D eigenvalue weighted by atomic mass is 32.2. The lowest BCUT2D eigenvalue weighted by Gasteiger charge is -2.11. The molecule has 2 aromatic heterocycles. The number of amides is 1. The average Bonchev–Trinajstić information content (AvgIpc) is 3.25. The zero-order valence-electron chi connectivity index (χ0n) is 17.5. The number of benzene rings is 2. The SMILES string of the molecule is CCOc1ccc(-n2c(SCC(=O)Nc3ccc(F)c(F)c3)nnc2-c2ccncc2)cc1. The number of hydrogen-bond acceptors (Lipinski definition) is 6. The van der Waals surface area contributed by atoms with E-state index in [-0.39, 0.29) is 11.4 Å². The predicted octanol–water partition coefficient (Wildman–Crippen LogP) is 4.74. The van der Waals surface area contributed by atoms with Gasteiger partial charge in [-0.1, -0.05) is 11.8 Å². The van der Waals surface area contributed by atoms with Crippen LogP contribution >= 0.6 is 11.8 Å². The number of ether oxygens (including phenoxy) is 1. The van der Waals surface area contributed by atoms with Crippen molar-refractivity contribution in [2.24, 2.45) is 0 Å². The van der Waals surface area contributed by atoms with Gasteiger partial charge in [0.25, 0.3) is 0 Å². The molecule has 7 nitrogen and oxygen atoms in total. The van der Waals surface area contributed by atoms with E-state index < -0.39 is 17.5 Å². The first kappa shape index (κ1) is 22.4. The Kier molecular flexibility index (Phi) is 6.94. The summed E-state index contributed by atoms with van der Waals surface area (Å²) in [5.41, 5.74) is 1.77. The van der Waals surface area contributed by atoms with Gasteiger partial charge in [0.05, 0.1) is 12.4 Å². The Balaban J connectivity index is 1.57. The van der Waals surface area contributed by atoms with Gasteiger partial charge in [-0.25, -0.2) is 8.78 Å². The summed E-state index contributed by atoms with van der Waals surface area (Å²) in [4.78, 5) is 16.4. The van der Waals surface area contributed by atoms with Gasteiger partial charge >= 0.3 is 0 Å². The molecule has 4 rings (SSSR count). The number of nitrogens with zero attached hydrogens (tertiary/aromatic N) is 4. The molecule has 2 aromatic carbocycles. The van der Waals surface area contributed by atoms with Crippen LogP contribution in [0.2, 0.25) is 0 Å². The van der Waals surface area contributed by atoms with E-state index in [2.05, 4.69) is 20.5 Å². The molecule has 0 spiro atoms. The number of rotatable bonds is 8. The van der Waals surface area contributed by atoms with Crippen LogP contribution in [0.15, 0.2) is 72.1 Å². The van der Waals surface area contributed by atoms with Crippen LogP contribution in [0.25, 0.3) is 17.1 Å². The number of halogens is 2. The van der Waals surface area contributed by atoms with Crippen molar-refractivity contribution in [1.29, 1.82) is 0 Å². The summed E-state index contributed by atoms with van der Waals surface area (Å²) < 4.78 is 33.8. The van der Waals surface area contributed by atoms with Gasteiger partial charge < -0.3 is 10.1 Å². The molecule has 0 aliphatic heterocycles. The van der Waals surface area contributed by atoms with Crippen LogP contribution in [0, 0.1) is 11.6 Å². The summed E-state index contributed by atoms with van der Waals surface area (Å²) in [6, 6.07) is 14.3. The molecular formula is C23H19F2N5O2S. The standard InChI is InChI=1S/C23H19F2N5O2S/c1-2-32-18-6-4-17(5-7-18)30-22(15-9-11-26-12-10-15)28-29-23(30)33-14-21(31)27-16-3-8-19(24)20(25)13-16/h3-13H,2,14H2,1H3,(H,27,31). The molecule has 4 aromatic rings. The molecule has 0 aliphatic carbocycles. The molecule has 0 saturated carbocycles. The minimum atomic E-state index is -1.03. The largest absolute Gasteiger partial charge is 0.494 e. The van der Waals surface area contributed by atoms with Crippen LogP contribution in [0.1, 0.15) is 6.92 Å². The highest BCUT2D eigenvalue weighted by Gasteiger charge is 2.18. The number of thioether (sulfide) groups is 1. The zero-order valence-corrected chi connectivity index (χ0v) is 18.4. The minimum Gasteiger partial charge on any atom is -0.494 e. The molecule has 1 amide bonds. The van der Waals surface area contributed by atoms with Crippen molar-refractivity contribution in [3.8, 4) is 22.8 Å². The van der Waals surface area contributed by atoms with Crippen LogP contribution in [-0.2, 0) is 4.79 Å². The van der Waals surface area contributed by atoms with Crippen molar-refractivity contribution in [1.82, 2.24) is 19.7 Å². The summed E-state index contributed by atoms with van der Waals surface area (Å²) in [6.45, 7) is 2.47. The van der Waals surface area contributed by atoms with Gasteiger partial charge in [-0.2, -0.15) is 0 Å². The van der Waals surface area contributed by atoms with Crippen molar-refractivity contribution >= 4 is 23.4 Å². The van der Waals surface area contributed by atoms with E-state index in [1.807, 2.05) is 47.9 Å². The van der Waals surface area contributed by atoms with E-state index in [1.54, 1.807) is 12.4 Å². The van der Waals surface area contributed by atoms with Crippen LogP contribution < -0.4 is 10.1 Å². The van der Waals surface area contributed by atoms with Crippen molar-refractivity contribution < 1.29 is 18.3 Å². The van der Waals surface area contributed by atoms with Gasteiger partial charge in [-0.15, -0.1) is 10.2 Å². The second-order valence-corrected chi connectivity index (χ2v) is 7.71. The number of carbonyl (C=O) groups is 1. The predicted molar refractivity (Wildman–Crippen MR) is 121 cm³/mol. The zero-order chi connectivity index (χ0) is 23.2. The van der Waals surface area contributed by atoms with Gasteiger partial charge in [0, 0.05) is 35.4 Å². The van der Waals surface area contributed by atoms with Gasteiger partial charge in [0.2, 0.25) is 5.91 Å². The Labute approximate surface area is 192 Å². The second kappa shape index (κ2) is 10.2. The Morgan fingerprint density at radius 3 is 2.48 bits per heavy atom. The molecule has 0 bridgehead atoms. The molecule has 0 fully saturated rings. The maximum atomic E-state index is 13.4. The third-order valence-corrected chi connectivity index (χ3v) is 5.44. The third kappa shape index (κ3) is 5.35. The van der Waals surface area contributed by atoms with Crippen LogP contribution in [0.5, 0.6) is 5.75 Å². The first-order chi connectivity index (χ1) is 16.0. The van der Waals surface area contributed by atoms with Gasteiger partial charge in [-0.05, 0) is 55.5 Å². The monoisotopic (exact) mass is 467 g/mol. The molecule has 0 unspecified atom stereocenters. The van der Waals surface area contributed by atoms with E-state index >= 15 is 0 Å². The summed E-state index contributed by atoms with van der Waals surface area (Å²) in [7, 11) is 0. The summed E-state index contributed by atoms with van der Waals surface area (Å²) in [5, 5.41) is 11.6. The van der Waals surface area contributed by atoms with Crippen LogP contribution in [0.4, 0.5) is 14.5 Å². The number of pyridine rings is 1. The van der Waals surface area contributed by atoms with Crippen molar-refractivity contribution in [3.05, 3.63) is 78.6 Å². The Morgan fingerprint density at radius 2 is 1.79 bits per heavy atom. The van der Waals surface area contributed by atoms with E-state index in [0.717, 1.165) is 29.1 Å². The molecule has 1 N–H and O–H groups in total. The van der Waals surface area contributed by atoms with Crippen molar-refractivity contribution in [2.75, 3.05) is 17.7 Å². The maximum Gasteiger partial charge on any atom is 0.234 e. The first-order valence-electron chi connectivity index (χ1n) is 10.0. The van der Waals surface area contributed by atoms with Crippen molar-refractivity contribution in [2.45, 2.75) is 12.1 Å². The topological polar surface area (TPSA) is 81.9 Å². The number of aromatic nitrogens is 4. The Bertz CT molecular complexity index is 1250. The molecule has 168 valence electrons. The number of hydrogen-bond donors (Lipinski definition) is 1. The smallest absolute Gasteiger partial charge is 0.234 e. The molecule has 0 aliphatic rings. The molecule has 0 radical (unpaired) electrons. The molecule has 0 saturated heterocycles. The minimum absolute atomic E-state index is 0.00942. The lowest BCUT2D eigenvalue weighted by Crippen LogP contribution is -2.15. The maximum absolute atomic E-state index is 13.4. The van der Waals surface area contributed by atoms with Crippen LogP contribution in [-0.4, -0.2) is 38.0 Å². The van der Waals surface area contributed by atoms with Gasteiger partial charge in [-0.3, -0.25) is 14.3 Å². The lowest BCUT2D eigenvalue weighted by atomic mass is 10.2.